The largest absolute Gasteiger partial charge is 0.416 e. The fourth-order valence-corrected chi connectivity index (χ4v) is 3.48. The lowest BCUT2D eigenvalue weighted by atomic mass is 10.1. The predicted octanol–water partition coefficient (Wildman–Crippen LogP) is 4.06. The monoisotopic (exact) mass is 444 g/mol. The summed E-state index contributed by atoms with van der Waals surface area (Å²) in [5, 5.41) is 9.70. The van der Waals surface area contributed by atoms with Crippen molar-refractivity contribution in [1.29, 1.82) is 0 Å². The van der Waals surface area contributed by atoms with Crippen molar-refractivity contribution < 1.29 is 23.1 Å². The van der Waals surface area contributed by atoms with Crippen molar-refractivity contribution in [2.45, 2.75) is 45.1 Å². The molecule has 1 fully saturated rings. The van der Waals surface area contributed by atoms with E-state index in [0.717, 1.165) is 23.3 Å². The summed E-state index contributed by atoms with van der Waals surface area (Å²) < 4.78 is 38.9. The van der Waals surface area contributed by atoms with Gasteiger partial charge in [0, 0.05) is 44.7 Å². The quantitative estimate of drug-likeness (QED) is 0.724. The summed E-state index contributed by atoms with van der Waals surface area (Å²) in [6, 6.07) is 12.9. The average Bonchev–Trinajstić information content (AvgIpc) is 2.89. The van der Waals surface area contributed by atoms with Gasteiger partial charge in [-0.2, -0.15) is 13.2 Å². The van der Waals surface area contributed by atoms with Crippen LogP contribution in [0.4, 0.5) is 13.2 Å². The van der Waals surface area contributed by atoms with E-state index in [1.807, 2.05) is 24.3 Å². The molecule has 1 amide bonds. The zero-order chi connectivity index (χ0) is 23.4. The SMILES string of the molecule is CC(C)(O)C#Cc1ccc(CN2CCC(=O)N(Cc3cccc(C(F)(F)F)c3)CC2)cc1. The number of halogens is 3. The molecule has 0 aromatic heterocycles. The first-order chi connectivity index (χ1) is 15.0. The molecule has 32 heavy (non-hydrogen) atoms. The number of alkyl halides is 3. The van der Waals surface area contributed by atoms with Gasteiger partial charge in [-0.1, -0.05) is 36.1 Å². The zero-order valence-electron chi connectivity index (χ0n) is 18.2. The van der Waals surface area contributed by atoms with Crippen molar-refractivity contribution in [2.24, 2.45) is 0 Å². The second kappa shape index (κ2) is 9.76. The van der Waals surface area contributed by atoms with Crippen LogP contribution < -0.4 is 0 Å². The summed E-state index contributed by atoms with van der Waals surface area (Å²) in [5.74, 6) is 5.66. The summed E-state index contributed by atoms with van der Waals surface area (Å²) in [6.45, 7) is 5.80. The van der Waals surface area contributed by atoms with E-state index in [9.17, 15) is 23.1 Å². The molecule has 4 nitrogen and oxygen atoms in total. The molecule has 0 bridgehead atoms. The van der Waals surface area contributed by atoms with E-state index in [-0.39, 0.29) is 12.5 Å². The van der Waals surface area contributed by atoms with E-state index in [1.165, 1.54) is 6.07 Å². The van der Waals surface area contributed by atoms with Crippen LogP contribution in [0.1, 0.15) is 42.5 Å². The van der Waals surface area contributed by atoms with Crippen LogP contribution in [0.15, 0.2) is 48.5 Å². The second-order valence-corrected chi connectivity index (χ2v) is 8.55. The molecule has 0 atom stereocenters. The van der Waals surface area contributed by atoms with Crippen molar-refractivity contribution >= 4 is 5.91 Å². The van der Waals surface area contributed by atoms with Gasteiger partial charge >= 0.3 is 6.18 Å². The molecule has 1 heterocycles. The van der Waals surface area contributed by atoms with Gasteiger partial charge in [0.1, 0.15) is 5.60 Å². The summed E-state index contributed by atoms with van der Waals surface area (Å²) in [4.78, 5) is 16.3. The molecule has 1 aliphatic rings. The van der Waals surface area contributed by atoms with Gasteiger partial charge in [-0.3, -0.25) is 9.69 Å². The summed E-state index contributed by atoms with van der Waals surface area (Å²) in [7, 11) is 0. The van der Waals surface area contributed by atoms with Crippen LogP contribution in [0.3, 0.4) is 0 Å². The minimum atomic E-state index is -4.40. The van der Waals surface area contributed by atoms with Crippen LogP contribution in [0.2, 0.25) is 0 Å². The molecule has 2 aromatic rings. The maximum absolute atomic E-state index is 13.0. The minimum absolute atomic E-state index is 0.0536. The molecular formula is C25H27F3N2O2. The highest BCUT2D eigenvalue weighted by molar-refractivity contribution is 5.76. The Balaban J connectivity index is 1.59. The third kappa shape index (κ3) is 7.11. The molecule has 0 saturated carbocycles. The number of amides is 1. The Bertz CT molecular complexity index is 999. The highest BCUT2D eigenvalue weighted by Crippen LogP contribution is 2.29. The van der Waals surface area contributed by atoms with Gasteiger partial charge in [-0.05, 0) is 49.2 Å². The van der Waals surface area contributed by atoms with Crippen molar-refractivity contribution in [3.05, 3.63) is 70.8 Å². The Morgan fingerprint density at radius 1 is 0.969 bits per heavy atom. The number of benzene rings is 2. The maximum Gasteiger partial charge on any atom is 0.416 e. The summed E-state index contributed by atoms with van der Waals surface area (Å²) in [6.07, 6.45) is -4.07. The van der Waals surface area contributed by atoms with Crippen molar-refractivity contribution in [3.63, 3.8) is 0 Å². The number of carbonyl (C=O) groups is 1. The van der Waals surface area contributed by atoms with E-state index in [0.29, 0.717) is 38.2 Å². The zero-order valence-corrected chi connectivity index (χ0v) is 18.2. The Labute approximate surface area is 186 Å². The standard InChI is InChI=1S/C25H27F3N2O2/c1-24(2,32)12-10-19-6-8-20(9-7-19)17-29-13-11-23(31)30(15-14-29)18-21-4-3-5-22(16-21)25(26,27)28/h3-9,16,32H,11,13-15,17-18H2,1-2H3. The highest BCUT2D eigenvalue weighted by Gasteiger charge is 2.30. The van der Waals surface area contributed by atoms with Gasteiger partial charge in [0.2, 0.25) is 5.91 Å². The molecule has 0 aliphatic carbocycles. The van der Waals surface area contributed by atoms with Crippen molar-refractivity contribution in [2.75, 3.05) is 19.6 Å². The van der Waals surface area contributed by atoms with Gasteiger partial charge in [-0.15, -0.1) is 0 Å². The minimum Gasteiger partial charge on any atom is -0.378 e. The van der Waals surface area contributed by atoms with Gasteiger partial charge in [0.05, 0.1) is 5.56 Å². The third-order valence-electron chi connectivity index (χ3n) is 5.18. The van der Waals surface area contributed by atoms with E-state index in [4.69, 9.17) is 0 Å². The molecule has 0 spiro atoms. The average molecular weight is 444 g/mol. The second-order valence-electron chi connectivity index (χ2n) is 8.55. The lowest BCUT2D eigenvalue weighted by Gasteiger charge is -2.22. The number of rotatable bonds is 4. The molecule has 1 N–H and O–H groups in total. The molecule has 0 radical (unpaired) electrons. The van der Waals surface area contributed by atoms with Crippen LogP contribution in [-0.2, 0) is 24.1 Å². The predicted molar refractivity (Wildman–Crippen MR) is 116 cm³/mol. The van der Waals surface area contributed by atoms with Crippen LogP contribution in [-0.4, -0.2) is 46.0 Å². The topological polar surface area (TPSA) is 43.8 Å². The maximum atomic E-state index is 13.0. The lowest BCUT2D eigenvalue weighted by molar-refractivity contribution is -0.137. The van der Waals surface area contributed by atoms with Crippen molar-refractivity contribution in [1.82, 2.24) is 9.80 Å². The van der Waals surface area contributed by atoms with E-state index < -0.39 is 17.3 Å². The van der Waals surface area contributed by atoms with E-state index in [2.05, 4.69) is 16.7 Å². The van der Waals surface area contributed by atoms with E-state index in [1.54, 1.807) is 24.8 Å². The van der Waals surface area contributed by atoms with Crippen LogP contribution in [0, 0.1) is 11.8 Å². The summed E-state index contributed by atoms with van der Waals surface area (Å²) >= 11 is 0. The molecule has 1 aliphatic heterocycles. The smallest absolute Gasteiger partial charge is 0.378 e. The number of aliphatic hydroxyl groups is 1. The Kier molecular flexibility index (Phi) is 7.27. The molecule has 3 rings (SSSR count). The van der Waals surface area contributed by atoms with Gasteiger partial charge in [0.15, 0.2) is 0 Å². The normalized spacial score (nSPS) is 15.8. The van der Waals surface area contributed by atoms with E-state index >= 15 is 0 Å². The first kappa shape index (κ1) is 23.8. The molecule has 1 saturated heterocycles. The lowest BCUT2D eigenvalue weighted by Crippen LogP contribution is -2.32. The number of hydrogen-bond acceptors (Lipinski definition) is 3. The number of hydrogen-bond donors (Lipinski definition) is 1. The molecule has 170 valence electrons. The van der Waals surface area contributed by atoms with Gasteiger partial charge < -0.3 is 10.0 Å². The molecule has 2 aromatic carbocycles. The number of nitrogens with zero attached hydrogens (tertiary/aromatic N) is 2. The number of carbonyl (C=O) groups excluding carboxylic acids is 1. The summed E-state index contributed by atoms with van der Waals surface area (Å²) in [5.41, 5.74) is 0.628. The molecular weight excluding hydrogens is 417 g/mol. The Morgan fingerprint density at radius 2 is 1.69 bits per heavy atom. The molecule has 7 heteroatoms. The van der Waals surface area contributed by atoms with Crippen molar-refractivity contribution in [3.8, 4) is 11.8 Å². The van der Waals surface area contributed by atoms with Crippen LogP contribution in [0.5, 0.6) is 0 Å². The first-order valence-corrected chi connectivity index (χ1v) is 10.5. The molecule has 0 unspecified atom stereocenters. The third-order valence-corrected chi connectivity index (χ3v) is 5.18. The highest BCUT2D eigenvalue weighted by atomic mass is 19.4. The Morgan fingerprint density at radius 3 is 2.34 bits per heavy atom. The van der Waals surface area contributed by atoms with Gasteiger partial charge in [0.25, 0.3) is 0 Å². The van der Waals surface area contributed by atoms with Crippen LogP contribution >= 0.6 is 0 Å². The van der Waals surface area contributed by atoms with Gasteiger partial charge in [-0.25, -0.2) is 0 Å². The fraction of sp³-hybridized carbons (Fsp3) is 0.400. The van der Waals surface area contributed by atoms with Crippen LogP contribution in [0.25, 0.3) is 0 Å². The Hall–Kier alpha value is -2.82. The fourth-order valence-electron chi connectivity index (χ4n) is 3.48. The first-order valence-electron chi connectivity index (χ1n) is 10.5.